The van der Waals surface area contributed by atoms with Crippen LogP contribution in [-0.4, -0.2) is 16.5 Å². The molecule has 0 radical (unpaired) electrons. The predicted octanol–water partition coefficient (Wildman–Crippen LogP) is 0.143. The summed E-state index contributed by atoms with van der Waals surface area (Å²) in [7, 11) is 0. The zero-order valence-electron chi connectivity index (χ0n) is 7.36. The molecule has 0 nitrogen and oxygen atoms in total. The van der Waals surface area contributed by atoms with E-state index in [0.717, 1.165) is 0 Å². The van der Waals surface area contributed by atoms with Gasteiger partial charge in [-0.3, -0.25) is 0 Å². The molecular weight excluding hydrogens is 330 g/mol. The van der Waals surface area contributed by atoms with Crippen LogP contribution in [0, 0.1) is 3.57 Å². The molecule has 0 amide bonds. The Bertz CT molecular complexity index is 306. The Morgan fingerprint density at radius 3 is 1.93 bits per heavy atom. The Hall–Kier alpha value is -0.400. The Balaban J connectivity index is 2.58. The van der Waals surface area contributed by atoms with Crippen molar-refractivity contribution in [2.24, 2.45) is 0 Å². The molecule has 0 aromatic heterocycles. The van der Waals surface area contributed by atoms with E-state index in [9.17, 15) is 22.0 Å². The Kier molecular flexibility index (Phi) is 3.91. The molecule has 0 heterocycles. The van der Waals surface area contributed by atoms with E-state index in [1.807, 2.05) is 0 Å². The molecule has 0 unspecified atom stereocenters. The third kappa shape index (κ3) is 3.58. The molecule has 0 spiro atoms. The molecule has 15 heavy (non-hydrogen) atoms. The predicted molar refractivity (Wildman–Crippen MR) is 41.0 cm³/mol. The van der Waals surface area contributed by atoms with E-state index in [1.54, 1.807) is 30.3 Å². The molecule has 1 rings (SSSR count). The summed E-state index contributed by atoms with van der Waals surface area (Å²) in [6, 6.07) is 8.08. The normalized spacial score (nSPS) is 13.1. The van der Waals surface area contributed by atoms with Gasteiger partial charge in [-0.1, -0.05) is 0 Å². The maximum absolute atomic E-state index is 12.5. The van der Waals surface area contributed by atoms with Crippen LogP contribution in [0.4, 0.5) is 22.0 Å². The molecule has 0 aliphatic heterocycles. The quantitative estimate of drug-likeness (QED) is 0.418. The van der Waals surface area contributed by atoms with E-state index >= 15 is 0 Å². The van der Waals surface area contributed by atoms with Crippen LogP contribution in [0.3, 0.4) is 0 Å². The number of alkyl halides is 6. The van der Waals surface area contributed by atoms with Crippen molar-refractivity contribution in [1.29, 1.82) is 0 Å². The van der Waals surface area contributed by atoms with Crippen LogP contribution in [0.25, 0.3) is 0 Å². The second-order valence-electron chi connectivity index (χ2n) is 2.77. The van der Waals surface area contributed by atoms with Gasteiger partial charge in [0, 0.05) is 0 Å². The second-order valence-corrected chi connectivity index (χ2v) is 5.54. The molecule has 0 atom stereocenters. The van der Waals surface area contributed by atoms with E-state index in [-0.39, 0.29) is 0 Å². The van der Waals surface area contributed by atoms with Gasteiger partial charge in [0.2, 0.25) is 0 Å². The fraction of sp³-hybridized carbons (Fsp3) is 0.333. The van der Waals surface area contributed by atoms with Crippen molar-refractivity contribution in [3.8, 4) is 0 Å². The van der Waals surface area contributed by atoms with Crippen molar-refractivity contribution >= 4 is 0 Å². The first-order valence-corrected chi connectivity index (χ1v) is 6.52. The van der Waals surface area contributed by atoms with Crippen molar-refractivity contribution in [3.05, 3.63) is 33.9 Å². The minimum atomic E-state index is -5.43. The standard InChI is InChI=1S/C9H7F5I/c10-8(11,9(12,13)14)6-15-7-4-2-1-3-5-7/h1-5H,6H2/q-1. The van der Waals surface area contributed by atoms with Crippen LogP contribution in [0.1, 0.15) is 0 Å². The third-order valence-corrected chi connectivity index (χ3v) is 4.48. The molecule has 0 bridgehead atoms. The molecular formula is C9H7F5I-. The van der Waals surface area contributed by atoms with Gasteiger partial charge < -0.3 is 0 Å². The summed E-state index contributed by atoms with van der Waals surface area (Å²) in [5, 5.41) is 0. The summed E-state index contributed by atoms with van der Waals surface area (Å²) in [6.07, 6.45) is -5.43. The van der Waals surface area contributed by atoms with Gasteiger partial charge >= 0.3 is 93.6 Å². The number of hydrogen-bond acceptors (Lipinski definition) is 0. The van der Waals surface area contributed by atoms with Crippen molar-refractivity contribution in [2.75, 3.05) is 4.43 Å². The first-order valence-electron chi connectivity index (χ1n) is 3.92. The minimum absolute atomic E-state index is 0.584. The maximum atomic E-state index is 12.5. The van der Waals surface area contributed by atoms with E-state index in [4.69, 9.17) is 0 Å². The van der Waals surface area contributed by atoms with Gasteiger partial charge in [0.05, 0.1) is 0 Å². The average Bonchev–Trinajstić information content (AvgIpc) is 2.15. The van der Waals surface area contributed by atoms with Gasteiger partial charge in [-0.05, 0) is 0 Å². The topological polar surface area (TPSA) is 0 Å². The number of rotatable bonds is 3. The van der Waals surface area contributed by atoms with Crippen LogP contribution >= 0.6 is 0 Å². The molecule has 1 aromatic carbocycles. The van der Waals surface area contributed by atoms with Crippen molar-refractivity contribution in [2.45, 2.75) is 12.1 Å². The Morgan fingerprint density at radius 1 is 0.933 bits per heavy atom. The van der Waals surface area contributed by atoms with Gasteiger partial charge in [0.1, 0.15) is 0 Å². The first-order chi connectivity index (χ1) is 6.83. The van der Waals surface area contributed by atoms with E-state index < -0.39 is 37.7 Å². The SMILES string of the molecule is FC(F)(F)C(F)(F)C[I-]c1ccccc1. The molecule has 86 valence electrons. The summed E-state index contributed by atoms with van der Waals surface area (Å²) >= 11 is -1.30. The summed E-state index contributed by atoms with van der Waals surface area (Å²) in [5.41, 5.74) is 0. The molecule has 1 aromatic rings. The number of benzene rings is 1. The first kappa shape index (κ1) is 12.7. The summed E-state index contributed by atoms with van der Waals surface area (Å²) in [4.78, 5) is 0. The molecule has 0 N–H and O–H groups in total. The fourth-order valence-electron chi connectivity index (χ4n) is 0.741. The van der Waals surface area contributed by atoms with Crippen LogP contribution < -0.4 is 21.2 Å². The summed E-state index contributed by atoms with van der Waals surface area (Å²) in [6.45, 7) is 0. The Labute approximate surface area is 93.7 Å². The zero-order chi connectivity index (χ0) is 11.5. The third-order valence-electron chi connectivity index (χ3n) is 1.54. The summed E-state index contributed by atoms with van der Waals surface area (Å²) in [5.74, 6) is -4.56. The second kappa shape index (κ2) is 4.63. The molecule has 0 saturated heterocycles. The molecule has 0 aliphatic rings. The number of hydrogen-bond donors (Lipinski definition) is 0. The molecule has 0 saturated carbocycles. The van der Waals surface area contributed by atoms with E-state index in [1.165, 1.54) is 0 Å². The van der Waals surface area contributed by atoms with Gasteiger partial charge in [0.15, 0.2) is 0 Å². The fourth-order valence-corrected chi connectivity index (χ4v) is 3.02. The van der Waals surface area contributed by atoms with Crippen LogP contribution in [0.5, 0.6) is 0 Å². The van der Waals surface area contributed by atoms with Crippen molar-refractivity contribution in [1.82, 2.24) is 0 Å². The van der Waals surface area contributed by atoms with Gasteiger partial charge in [-0.2, -0.15) is 0 Å². The molecule has 0 aliphatic carbocycles. The van der Waals surface area contributed by atoms with Gasteiger partial charge in [0.25, 0.3) is 0 Å². The summed E-state index contributed by atoms with van der Waals surface area (Å²) < 4.78 is 59.9. The zero-order valence-corrected chi connectivity index (χ0v) is 9.52. The molecule has 6 heteroatoms. The average molecular weight is 337 g/mol. The van der Waals surface area contributed by atoms with Gasteiger partial charge in [-0.15, -0.1) is 0 Å². The monoisotopic (exact) mass is 337 g/mol. The Morgan fingerprint density at radius 2 is 1.47 bits per heavy atom. The van der Waals surface area contributed by atoms with Crippen LogP contribution in [0.2, 0.25) is 0 Å². The molecule has 0 fully saturated rings. The van der Waals surface area contributed by atoms with Gasteiger partial charge in [-0.25, -0.2) is 0 Å². The van der Waals surface area contributed by atoms with Crippen LogP contribution in [-0.2, 0) is 0 Å². The number of halogens is 6. The van der Waals surface area contributed by atoms with Crippen LogP contribution in [0.15, 0.2) is 30.3 Å². The van der Waals surface area contributed by atoms with E-state index in [2.05, 4.69) is 0 Å². The van der Waals surface area contributed by atoms with E-state index in [0.29, 0.717) is 3.57 Å². The van der Waals surface area contributed by atoms with Crippen molar-refractivity contribution < 1.29 is 43.2 Å². The van der Waals surface area contributed by atoms with Crippen molar-refractivity contribution in [3.63, 3.8) is 0 Å².